The van der Waals surface area contributed by atoms with E-state index in [1.165, 1.54) is 13.5 Å². The van der Waals surface area contributed by atoms with Gasteiger partial charge in [-0.25, -0.2) is 4.79 Å². The van der Waals surface area contributed by atoms with E-state index in [-0.39, 0.29) is 22.7 Å². The number of hydrogen-bond donors (Lipinski definition) is 1. The summed E-state index contributed by atoms with van der Waals surface area (Å²) >= 11 is 0. The molecule has 5 nitrogen and oxygen atoms in total. The number of ether oxygens (including phenoxy) is 1. The molecule has 0 radical (unpaired) electrons. The first-order valence-corrected chi connectivity index (χ1v) is 8.52. The van der Waals surface area contributed by atoms with Gasteiger partial charge in [0.05, 0.1) is 18.8 Å². The summed E-state index contributed by atoms with van der Waals surface area (Å²) in [6, 6.07) is 5.19. The summed E-state index contributed by atoms with van der Waals surface area (Å²) in [6.45, 7) is 6.73. The van der Waals surface area contributed by atoms with E-state index in [9.17, 15) is 9.90 Å². The fourth-order valence-corrected chi connectivity index (χ4v) is 5.14. The lowest BCUT2D eigenvalue weighted by Crippen LogP contribution is -2.65. The van der Waals surface area contributed by atoms with Crippen molar-refractivity contribution in [2.45, 2.75) is 45.3 Å². The topological polar surface area (TPSA) is 65.0 Å². The Balaban J connectivity index is 1.70. The molecule has 0 amide bonds. The Kier molecular flexibility index (Phi) is 3.32. The number of carboxylic acid groups (broad SMARTS) is 1. The second-order valence-electron chi connectivity index (χ2n) is 8.03. The van der Waals surface area contributed by atoms with Crippen molar-refractivity contribution in [1.29, 1.82) is 0 Å². The molecule has 0 spiro atoms. The van der Waals surface area contributed by atoms with Crippen LogP contribution in [0, 0.1) is 17.3 Å². The van der Waals surface area contributed by atoms with Gasteiger partial charge in [0, 0.05) is 5.46 Å². The molecule has 1 aromatic carbocycles. The Labute approximate surface area is 142 Å². The number of benzene rings is 1. The lowest BCUT2D eigenvalue weighted by molar-refractivity contribution is -0.199. The van der Waals surface area contributed by atoms with E-state index in [0.717, 1.165) is 6.42 Å². The standard InChI is InChI=1S/C18H23BO5/c1-17(2)10-8-13(17)18(3)14(9-10)23-19(24-18)11-6-5-7-12(22-4)15(11)16(20)21/h5-7,10,13-14H,8-9H2,1-4H3,(H,20,21)/t10-,13-,14+,18-/m0/s1. The second-order valence-corrected chi connectivity index (χ2v) is 8.03. The van der Waals surface area contributed by atoms with Gasteiger partial charge < -0.3 is 19.2 Å². The van der Waals surface area contributed by atoms with Gasteiger partial charge in [0.25, 0.3) is 0 Å². The van der Waals surface area contributed by atoms with Crippen LogP contribution in [0.2, 0.25) is 0 Å². The first-order chi connectivity index (χ1) is 11.3. The molecule has 24 heavy (non-hydrogen) atoms. The highest BCUT2D eigenvalue weighted by molar-refractivity contribution is 6.63. The van der Waals surface area contributed by atoms with Crippen molar-refractivity contribution in [3.8, 4) is 5.75 Å². The Hall–Kier alpha value is -1.53. The minimum atomic E-state index is -1.03. The van der Waals surface area contributed by atoms with Crippen LogP contribution in [0.4, 0.5) is 0 Å². The van der Waals surface area contributed by atoms with Gasteiger partial charge in [-0.15, -0.1) is 0 Å². The maximum atomic E-state index is 11.7. The third-order valence-corrected chi connectivity index (χ3v) is 6.70. The number of aromatic carboxylic acids is 1. The molecule has 128 valence electrons. The molecule has 6 heteroatoms. The molecule has 3 aliphatic carbocycles. The Morgan fingerprint density at radius 1 is 1.33 bits per heavy atom. The van der Waals surface area contributed by atoms with E-state index in [1.54, 1.807) is 18.2 Å². The lowest BCUT2D eigenvalue weighted by atomic mass is 9.43. The van der Waals surface area contributed by atoms with Gasteiger partial charge in [0.1, 0.15) is 11.3 Å². The number of carbonyl (C=O) groups is 1. The molecule has 0 unspecified atom stereocenters. The van der Waals surface area contributed by atoms with Gasteiger partial charge in [-0.2, -0.15) is 0 Å². The molecule has 1 aromatic rings. The van der Waals surface area contributed by atoms with Crippen molar-refractivity contribution in [2.24, 2.45) is 17.3 Å². The van der Waals surface area contributed by atoms with Crippen LogP contribution in [0.15, 0.2) is 18.2 Å². The quantitative estimate of drug-likeness (QED) is 0.862. The highest BCUT2D eigenvalue weighted by Crippen LogP contribution is 2.65. The van der Waals surface area contributed by atoms with Gasteiger partial charge in [-0.05, 0) is 43.1 Å². The fraction of sp³-hybridized carbons (Fsp3) is 0.611. The van der Waals surface area contributed by atoms with Crippen LogP contribution in [0.1, 0.15) is 44.0 Å². The number of carboxylic acids is 1. The molecular formula is C18H23BO5. The minimum Gasteiger partial charge on any atom is -0.496 e. The summed E-state index contributed by atoms with van der Waals surface area (Å²) in [5, 5.41) is 9.61. The first kappa shape index (κ1) is 16.0. The number of hydrogen-bond acceptors (Lipinski definition) is 4. The van der Waals surface area contributed by atoms with Crippen LogP contribution in [-0.2, 0) is 9.31 Å². The average molecular weight is 330 g/mol. The van der Waals surface area contributed by atoms with Crippen LogP contribution in [0.25, 0.3) is 0 Å². The van der Waals surface area contributed by atoms with Gasteiger partial charge in [0.15, 0.2) is 0 Å². The molecule has 2 bridgehead atoms. The highest BCUT2D eigenvalue weighted by atomic mass is 16.7. The lowest BCUT2D eigenvalue weighted by Gasteiger charge is -2.64. The molecule has 1 heterocycles. The van der Waals surface area contributed by atoms with E-state index in [2.05, 4.69) is 20.8 Å². The monoisotopic (exact) mass is 330 g/mol. The summed E-state index contributed by atoms with van der Waals surface area (Å²) in [6.07, 6.45) is 2.16. The van der Waals surface area contributed by atoms with Crippen LogP contribution < -0.4 is 10.2 Å². The van der Waals surface area contributed by atoms with E-state index in [1.807, 2.05) is 0 Å². The SMILES string of the molecule is COc1cccc(B2O[C@@H]3C[C@@H]4C[C@@H](C4(C)C)[C@]3(C)O2)c1C(=O)O. The largest absolute Gasteiger partial charge is 0.496 e. The zero-order valence-corrected chi connectivity index (χ0v) is 14.5. The predicted molar refractivity (Wildman–Crippen MR) is 89.7 cm³/mol. The van der Waals surface area contributed by atoms with Crippen molar-refractivity contribution in [3.63, 3.8) is 0 Å². The number of methoxy groups -OCH3 is 1. The zero-order chi connectivity index (χ0) is 17.3. The summed E-state index contributed by atoms with van der Waals surface area (Å²) in [5.41, 5.74) is 0.557. The molecule has 4 aliphatic rings. The third-order valence-electron chi connectivity index (χ3n) is 6.70. The Morgan fingerprint density at radius 2 is 2.08 bits per heavy atom. The minimum absolute atomic E-state index is 0.0205. The zero-order valence-electron chi connectivity index (χ0n) is 14.5. The summed E-state index contributed by atoms with van der Waals surface area (Å²) < 4.78 is 17.8. The molecule has 1 aliphatic heterocycles. The first-order valence-electron chi connectivity index (χ1n) is 8.52. The molecule has 1 saturated heterocycles. The normalized spacial score (nSPS) is 36.0. The van der Waals surface area contributed by atoms with Crippen LogP contribution >= 0.6 is 0 Å². The summed E-state index contributed by atoms with van der Waals surface area (Å²) in [7, 11) is 0.816. The Morgan fingerprint density at radius 3 is 2.71 bits per heavy atom. The molecule has 4 fully saturated rings. The summed E-state index contributed by atoms with van der Waals surface area (Å²) in [4.78, 5) is 11.7. The van der Waals surface area contributed by atoms with Crippen molar-refractivity contribution >= 4 is 18.6 Å². The van der Waals surface area contributed by atoms with Gasteiger partial charge >= 0.3 is 13.1 Å². The van der Waals surface area contributed by atoms with E-state index >= 15 is 0 Å². The van der Waals surface area contributed by atoms with Gasteiger partial charge in [0.2, 0.25) is 0 Å². The van der Waals surface area contributed by atoms with E-state index in [4.69, 9.17) is 14.0 Å². The predicted octanol–water partition coefficient (Wildman–Crippen LogP) is 2.33. The van der Waals surface area contributed by atoms with Gasteiger partial charge in [-0.3, -0.25) is 0 Å². The number of rotatable bonds is 3. The third kappa shape index (κ3) is 1.93. The summed E-state index contributed by atoms with van der Waals surface area (Å²) in [5.74, 6) is 0.404. The van der Waals surface area contributed by atoms with Crippen molar-refractivity contribution in [2.75, 3.05) is 7.11 Å². The Bertz CT molecular complexity index is 703. The highest BCUT2D eigenvalue weighted by Gasteiger charge is 2.68. The van der Waals surface area contributed by atoms with E-state index < -0.39 is 13.1 Å². The van der Waals surface area contributed by atoms with Crippen molar-refractivity contribution in [3.05, 3.63) is 23.8 Å². The van der Waals surface area contributed by atoms with Crippen LogP contribution in [0.3, 0.4) is 0 Å². The maximum Gasteiger partial charge on any atom is 0.495 e. The maximum absolute atomic E-state index is 11.7. The molecular weight excluding hydrogens is 307 g/mol. The van der Waals surface area contributed by atoms with Crippen LogP contribution in [-0.4, -0.2) is 37.0 Å². The fourth-order valence-electron chi connectivity index (χ4n) is 5.14. The van der Waals surface area contributed by atoms with Gasteiger partial charge in [-0.1, -0.05) is 26.0 Å². The van der Waals surface area contributed by atoms with Crippen LogP contribution in [0.5, 0.6) is 5.75 Å². The molecule has 1 N–H and O–H groups in total. The average Bonchev–Trinajstić information content (AvgIpc) is 2.90. The second kappa shape index (κ2) is 4.99. The van der Waals surface area contributed by atoms with Crippen molar-refractivity contribution < 1.29 is 23.9 Å². The van der Waals surface area contributed by atoms with Crippen molar-refractivity contribution in [1.82, 2.24) is 0 Å². The molecule has 0 aromatic heterocycles. The molecule has 4 atom stereocenters. The smallest absolute Gasteiger partial charge is 0.495 e. The molecule has 3 saturated carbocycles. The molecule has 5 rings (SSSR count). The van der Waals surface area contributed by atoms with E-state index in [0.29, 0.717) is 23.0 Å².